The molecule has 2 rings (SSSR count). The molecule has 24 heavy (non-hydrogen) atoms. The molecule has 0 radical (unpaired) electrons. The van der Waals surface area contributed by atoms with Crippen LogP contribution in [0.3, 0.4) is 0 Å². The maximum atomic E-state index is 10.8. The standard InChI is InChI=1S/2C8H15NO2S/c2*1-2-3-8(7-4-5-7)6-12(9,10)11/h2*2,7-8H,1,3-6H2,(H2,9,10,11)/t2*8-/m10/s1. The van der Waals surface area contributed by atoms with Crippen molar-refractivity contribution < 1.29 is 16.8 Å². The smallest absolute Gasteiger partial charge is 0.209 e. The van der Waals surface area contributed by atoms with E-state index in [1.54, 1.807) is 12.2 Å². The zero-order valence-electron chi connectivity index (χ0n) is 14.1. The van der Waals surface area contributed by atoms with Crippen LogP contribution in [-0.2, 0) is 20.0 Å². The van der Waals surface area contributed by atoms with Gasteiger partial charge in [-0.05, 0) is 62.2 Å². The van der Waals surface area contributed by atoms with Gasteiger partial charge >= 0.3 is 0 Å². The Labute approximate surface area is 146 Å². The molecule has 0 aromatic carbocycles. The SMILES string of the molecule is C=CC[C@@H](CS(N)(=O)=O)C1CC1.C=CC[C@H](CS(N)(=O)=O)C1CC1. The molecule has 2 aliphatic carbocycles. The second-order valence-corrected chi connectivity index (χ2v) is 10.2. The Morgan fingerprint density at radius 1 is 0.792 bits per heavy atom. The molecular formula is C16H30N2O4S2. The molecule has 2 saturated carbocycles. The van der Waals surface area contributed by atoms with Gasteiger partial charge in [-0.15, -0.1) is 13.2 Å². The lowest BCUT2D eigenvalue weighted by Gasteiger charge is -2.11. The average molecular weight is 379 g/mol. The highest BCUT2D eigenvalue weighted by Crippen LogP contribution is 2.39. The van der Waals surface area contributed by atoms with E-state index in [1.165, 1.54) is 0 Å². The molecule has 8 heteroatoms. The van der Waals surface area contributed by atoms with E-state index in [4.69, 9.17) is 10.3 Å². The summed E-state index contributed by atoms with van der Waals surface area (Å²) in [5.41, 5.74) is 0. The highest BCUT2D eigenvalue weighted by molar-refractivity contribution is 7.89. The molecule has 0 spiro atoms. The van der Waals surface area contributed by atoms with Gasteiger partial charge in [-0.2, -0.15) is 0 Å². The van der Waals surface area contributed by atoms with Crippen LogP contribution in [0.5, 0.6) is 0 Å². The normalized spacial score (nSPS) is 20.4. The second-order valence-electron chi connectivity index (χ2n) is 6.90. The number of rotatable bonds is 10. The van der Waals surface area contributed by atoms with E-state index < -0.39 is 20.0 Å². The summed E-state index contributed by atoms with van der Waals surface area (Å²) in [5, 5.41) is 9.94. The fourth-order valence-electron chi connectivity index (χ4n) is 2.95. The topological polar surface area (TPSA) is 120 Å². The zero-order chi connectivity index (χ0) is 18.4. The van der Waals surface area contributed by atoms with Gasteiger partial charge < -0.3 is 0 Å². The molecule has 4 N–H and O–H groups in total. The van der Waals surface area contributed by atoms with Crippen LogP contribution < -0.4 is 10.3 Å². The molecule has 0 saturated heterocycles. The van der Waals surface area contributed by atoms with Gasteiger partial charge in [-0.3, -0.25) is 0 Å². The molecule has 0 bridgehead atoms. The first-order chi connectivity index (χ1) is 11.1. The summed E-state index contributed by atoms with van der Waals surface area (Å²) in [7, 11) is -6.60. The first-order valence-corrected chi connectivity index (χ1v) is 11.7. The quantitative estimate of drug-likeness (QED) is 0.563. The number of primary sulfonamides is 2. The minimum absolute atomic E-state index is 0.115. The highest BCUT2D eigenvalue weighted by atomic mass is 32.2. The van der Waals surface area contributed by atoms with Gasteiger partial charge in [0.25, 0.3) is 0 Å². The molecular weight excluding hydrogens is 348 g/mol. The Balaban J connectivity index is 0.000000240. The highest BCUT2D eigenvalue weighted by Gasteiger charge is 2.33. The van der Waals surface area contributed by atoms with Crippen molar-refractivity contribution >= 4 is 20.0 Å². The third-order valence-corrected chi connectivity index (χ3v) is 6.19. The molecule has 0 heterocycles. The molecule has 0 aromatic rings. The van der Waals surface area contributed by atoms with Gasteiger partial charge in [-0.25, -0.2) is 27.1 Å². The molecule has 2 atom stereocenters. The Hall–Kier alpha value is -0.700. The van der Waals surface area contributed by atoms with Crippen LogP contribution in [0.1, 0.15) is 38.5 Å². The Bertz CT molecular complexity index is 564. The van der Waals surface area contributed by atoms with E-state index in [0.29, 0.717) is 11.8 Å². The van der Waals surface area contributed by atoms with Gasteiger partial charge in [0.05, 0.1) is 11.5 Å². The third-order valence-electron chi connectivity index (χ3n) is 4.41. The van der Waals surface area contributed by atoms with Crippen LogP contribution >= 0.6 is 0 Å². The van der Waals surface area contributed by atoms with E-state index in [9.17, 15) is 16.8 Å². The number of allylic oxidation sites excluding steroid dienone is 2. The summed E-state index contributed by atoms with van der Waals surface area (Å²) in [6, 6.07) is 0. The molecule has 0 aliphatic heterocycles. The van der Waals surface area contributed by atoms with Crippen molar-refractivity contribution in [1.29, 1.82) is 0 Å². The van der Waals surface area contributed by atoms with Crippen LogP contribution in [0.25, 0.3) is 0 Å². The van der Waals surface area contributed by atoms with Crippen LogP contribution in [0, 0.1) is 23.7 Å². The van der Waals surface area contributed by atoms with Crippen molar-refractivity contribution in [2.75, 3.05) is 11.5 Å². The van der Waals surface area contributed by atoms with Crippen molar-refractivity contribution in [1.82, 2.24) is 0 Å². The molecule has 2 fully saturated rings. The number of hydrogen-bond donors (Lipinski definition) is 2. The van der Waals surface area contributed by atoms with Crippen molar-refractivity contribution in [3.05, 3.63) is 25.3 Å². The minimum Gasteiger partial charge on any atom is -0.229 e. The van der Waals surface area contributed by atoms with Gasteiger partial charge in [0.1, 0.15) is 0 Å². The van der Waals surface area contributed by atoms with Crippen LogP contribution in [0.2, 0.25) is 0 Å². The summed E-state index contributed by atoms with van der Waals surface area (Å²) >= 11 is 0. The molecule has 6 nitrogen and oxygen atoms in total. The fraction of sp³-hybridized carbons (Fsp3) is 0.750. The zero-order valence-corrected chi connectivity index (χ0v) is 15.8. The van der Waals surface area contributed by atoms with Crippen LogP contribution in [0.15, 0.2) is 25.3 Å². The summed E-state index contributed by atoms with van der Waals surface area (Å²) in [5.74, 6) is 1.78. The third kappa shape index (κ3) is 10.2. The average Bonchev–Trinajstić information content (AvgIpc) is 3.25. The van der Waals surface area contributed by atoms with Gasteiger partial charge in [0.2, 0.25) is 20.0 Å². The van der Waals surface area contributed by atoms with E-state index in [1.807, 2.05) is 0 Å². The monoisotopic (exact) mass is 378 g/mol. The van der Waals surface area contributed by atoms with Crippen molar-refractivity contribution in [3.8, 4) is 0 Å². The van der Waals surface area contributed by atoms with Crippen molar-refractivity contribution in [2.45, 2.75) is 38.5 Å². The van der Waals surface area contributed by atoms with E-state index >= 15 is 0 Å². The summed E-state index contributed by atoms with van der Waals surface area (Å²) in [4.78, 5) is 0. The van der Waals surface area contributed by atoms with Crippen molar-refractivity contribution in [3.63, 3.8) is 0 Å². The first kappa shape index (κ1) is 21.3. The predicted molar refractivity (Wildman–Crippen MR) is 98.0 cm³/mol. The molecule has 140 valence electrons. The van der Waals surface area contributed by atoms with E-state index in [-0.39, 0.29) is 23.3 Å². The number of nitrogens with two attached hydrogens (primary N) is 2. The predicted octanol–water partition coefficient (Wildman–Crippen LogP) is 1.75. The minimum atomic E-state index is -3.30. The van der Waals surface area contributed by atoms with Gasteiger partial charge in [0.15, 0.2) is 0 Å². The lowest BCUT2D eigenvalue weighted by Crippen LogP contribution is -2.23. The second kappa shape index (κ2) is 9.12. The Kier molecular flexibility index (Phi) is 8.11. The first-order valence-electron chi connectivity index (χ1n) is 8.28. The van der Waals surface area contributed by atoms with E-state index in [2.05, 4.69) is 13.2 Å². The summed E-state index contributed by atoms with van der Waals surface area (Å²) < 4.78 is 43.2. The lowest BCUT2D eigenvalue weighted by molar-refractivity contribution is 0.503. The van der Waals surface area contributed by atoms with Crippen molar-refractivity contribution in [2.24, 2.45) is 33.9 Å². The summed E-state index contributed by atoms with van der Waals surface area (Å²) in [6.45, 7) is 7.21. The lowest BCUT2D eigenvalue weighted by atomic mass is 10.0. The molecule has 0 unspecified atom stereocenters. The summed E-state index contributed by atoms with van der Waals surface area (Å²) in [6.07, 6.45) is 9.66. The fourth-order valence-corrected chi connectivity index (χ4v) is 4.96. The largest absolute Gasteiger partial charge is 0.229 e. The number of hydrogen-bond acceptors (Lipinski definition) is 4. The van der Waals surface area contributed by atoms with E-state index in [0.717, 1.165) is 38.5 Å². The Morgan fingerprint density at radius 2 is 1.08 bits per heavy atom. The van der Waals surface area contributed by atoms with Crippen LogP contribution in [-0.4, -0.2) is 28.3 Å². The molecule has 2 aliphatic rings. The van der Waals surface area contributed by atoms with Gasteiger partial charge in [-0.1, -0.05) is 12.2 Å². The maximum absolute atomic E-state index is 10.8. The molecule has 0 aromatic heterocycles. The molecule has 0 amide bonds. The number of sulfonamides is 2. The van der Waals surface area contributed by atoms with Crippen LogP contribution in [0.4, 0.5) is 0 Å². The maximum Gasteiger partial charge on any atom is 0.209 e. The van der Waals surface area contributed by atoms with Gasteiger partial charge in [0, 0.05) is 0 Å². The Morgan fingerprint density at radius 3 is 1.25 bits per heavy atom.